The highest BCUT2D eigenvalue weighted by Gasteiger charge is 2.42. The Hall–Kier alpha value is -1.10. The second kappa shape index (κ2) is 6.77. The topological polar surface area (TPSA) is 78.4 Å². The van der Waals surface area contributed by atoms with Gasteiger partial charge in [0.25, 0.3) is 0 Å². The molecule has 1 heterocycles. The van der Waals surface area contributed by atoms with E-state index in [4.69, 9.17) is 5.11 Å². The van der Waals surface area contributed by atoms with Crippen LogP contribution in [0.4, 0.5) is 0 Å². The molecule has 5 heteroatoms. The molecule has 1 aliphatic carbocycles. The summed E-state index contributed by atoms with van der Waals surface area (Å²) in [6, 6.07) is -0.0142. The van der Waals surface area contributed by atoms with Gasteiger partial charge in [-0.2, -0.15) is 0 Å². The van der Waals surface area contributed by atoms with E-state index >= 15 is 0 Å². The van der Waals surface area contributed by atoms with Crippen LogP contribution in [0, 0.1) is 17.3 Å². The molecule has 2 fully saturated rings. The normalized spacial score (nSPS) is 28.4. The maximum Gasteiger partial charge on any atom is 0.303 e. The van der Waals surface area contributed by atoms with E-state index in [2.05, 4.69) is 24.5 Å². The van der Waals surface area contributed by atoms with Crippen LogP contribution in [0.25, 0.3) is 0 Å². The van der Waals surface area contributed by atoms with Crippen molar-refractivity contribution in [1.82, 2.24) is 10.6 Å². The first-order valence-corrected chi connectivity index (χ1v) is 8.12. The molecule has 120 valence electrons. The predicted molar refractivity (Wildman–Crippen MR) is 80.9 cm³/mol. The molecule has 21 heavy (non-hydrogen) atoms. The zero-order valence-corrected chi connectivity index (χ0v) is 13.2. The third-order valence-corrected chi connectivity index (χ3v) is 5.15. The van der Waals surface area contributed by atoms with Crippen molar-refractivity contribution in [3.05, 3.63) is 0 Å². The number of carboxylic acid groups (broad SMARTS) is 1. The number of fused-ring (bicyclic) bond motifs is 1. The van der Waals surface area contributed by atoms with Crippen LogP contribution in [0.2, 0.25) is 0 Å². The van der Waals surface area contributed by atoms with Crippen molar-refractivity contribution in [2.45, 2.75) is 58.4 Å². The molecule has 5 nitrogen and oxygen atoms in total. The molecule has 0 bridgehead atoms. The number of rotatable bonds is 7. The lowest BCUT2D eigenvalue weighted by atomic mass is 9.84. The minimum Gasteiger partial charge on any atom is -0.481 e. The van der Waals surface area contributed by atoms with E-state index in [9.17, 15) is 9.59 Å². The minimum absolute atomic E-state index is 0.0142. The molecule has 0 aromatic rings. The first-order chi connectivity index (χ1) is 9.89. The average molecular weight is 296 g/mol. The zero-order chi connectivity index (χ0) is 15.5. The van der Waals surface area contributed by atoms with Gasteiger partial charge in [0.15, 0.2) is 0 Å². The van der Waals surface area contributed by atoms with Gasteiger partial charge < -0.3 is 15.7 Å². The number of carbonyl (C=O) groups excluding carboxylic acids is 1. The maximum absolute atomic E-state index is 12.3. The van der Waals surface area contributed by atoms with Crippen LogP contribution in [0.3, 0.4) is 0 Å². The lowest BCUT2D eigenvalue weighted by Gasteiger charge is -2.25. The van der Waals surface area contributed by atoms with Crippen molar-refractivity contribution in [2.75, 3.05) is 13.1 Å². The third kappa shape index (κ3) is 4.43. The Kier molecular flexibility index (Phi) is 5.25. The van der Waals surface area contributed by atoms with Gasteiger partial charge in [-0.3, -0.25) is 9.59 Å². The fourth-order valence-corrected chi connectivity index (χ4v) is 3.68. The van der Waals surface area contributed by atoms with Crippen LogP contribution in [0.5, 0.6) is 0 Å². The molecule has 0 radical (unpaired) electrons. The average Bonchev–Trinajstić information content (AvgIpc) is 2.98. The summed E-state index contributed by atoms with van der Waals surface area (Å²) in [5.41, 5.74) is -0.0509. The lowest BCUT2D eigenvalue weighted by Crippen LogP contribution is -2.44. The Labute approximate surface area is 126 Å². The largest absolute Gasteiger partial charge is 0.481 e. The van der Waals surface area contributed by atoms with Gasteiger partial charge in [-0.05, 0) is 49.5 Å². The number of hydrogen-bond donors (Lipinski definition) is 3. The second-order valence-corrected chi connectivity index (χ2v) is 7.34. The molecule has 1 saturated carbocycles. The van der Waals surface area contributed by atoms with Crippen molar-refractivity contribution in [1.29, 1.82) is 0 Å². The van der Waals surface area contributed by atoms with Crippen molar-refractivity contribution >= 4 is 11.9 Å². The van der Waals surface area contributed by atoms with E-state index in [1.165, 1.54) is 19.3 Å². The van der Waals surface area contributed by atoms with Crippen LogP contribution in [0.15, 0.2) is 0 Å². The summed E-state index contributed by atoms with van der Waals surface area (Å²) in [5, 5.41) is 15.1. The second-order valence-electron chi connectivity index (χ2n) is 7.34. The molecule has 0 aromatic carbocycles. The van der Waals surface area contributed by atoms with Crippen LogP contribution in [0.1, 0.15) is 52.4 Å². The van der Waals surface area contributed by atoms with Crippen LogP contribution in [-0.4, -0.2) is 36.1 Å². The summed E-state index contributed by atoms with van der Waals surface area (Å²) >= 11 is 0. The number of carbonyl (C=O) groups is 2. The number of hydrogen-bond acceptors (Lipinski definition) is 3. The smallest absolute Gasteiger partial charge is 0.303 e. The van der Waals surface area contributed by atoms with E-state index in [0.29, 0.717) is 24.8 Å². The molecule has 0 spiro atoms. The maximum atomic E-state index is 12.3. The number of nitrogens with one attached hydrogen (secondary N) is 2. The number of amides is 1. The lowest BCUT2D eigenvalue weighted by molar-refractivity contribution is -0.137. The SMILES string of the molecule is CC(C)(CCNC(=O)C1NCC2CCCC21)CCC(=O)O. The molecule has 2 aliphatic rings. The first-order valence-electron chi connectivity index (χ1n) is 8.12. The van der Waals surface area contributed by atoms with Crippen molar-refractivity contribution in [3.8, 4) is 0 Å². The van der Waals surface area contributed by atoms with Gasteiger partial charge in [0.05, 0.1) is 6.04 Å². The first kappa shape index (κ1) is 16.3. The summed E-state index contributed by atoms with van der Waals surface area (Å²) in [5.74, 6) is 0.575. The summed E-state index contributed by atoms with van der Waals surface area (Å²) in [6.07, 6.45) is 5.32. The minimum atomic E-state index is -0.755. The Balaban J connectivity index is 1.70. The van der Waals surface area contributed by atoms with Gasteiger partial charge in [-0.1, -0.05) is 20.3 Å². The van der Waals surface area contributed by atoms with E-state index in [1.54, 1.807) is 0 Å². The van der Waals surface area contributed by atoms with E-state index in [0.717, 1.165) is 13.0 Å². The van der Waals surface area contributed by atoms with Crippen molar-refractivity contribution < 1.29 is 14.7 Å². The Morgan fingerprint density at radius 1 is 1.29 bits per heavy atom. The highest BCUT2D eigenvalue weighted by Crippen LogP contribution is 2.37. The van der Waals surface area contributed by atoms with Gasteiger partial charge in [0.1, 0.15) is 0 Å². The van der Waals surface area contributed by atoms with Crippen molar-refractivity contribution in [2.24, 2.45) is 17.3 Å². The molecule has 2 rings (SSSR count). The molecule has 1 amide bonds. The number of aliphatic carboxylic acids is 1. The van der Waals surface area contributed by atoms with Crippen LogP contribution < -0.4 is 10.6 Å². The molecule has 1 aliphatic heterocycles. The third-order valence-electron chi connectivity index (χ3n) is 5.15. The quantitative estimate of drug-likeness (QED) is 0.669. The Bertz CT molecular complexity index is 395. The summed E-state index contributed by atoms with van der Waals surface area (Å²) in [4.78, 5) is 22.9. The van der Waals surface area contributed by atoms with Gasteiger partial charge in [0, 0.05) is 13.0 Å². The zero-order valence-electron chi connectivity index (χ0n) is 13.2. The highest BCUT2D eigenvalue weighted by molar-refractivity contribution is 5.82. The van der Waals surface area contributed by atoms with E-state index in [1.807, 2.05) is 0 Å². The Morgan fingerprint density at radius 3 is 2.76 bits per heavy atom. The molecule has 3 unspecified atom stereocenters. The summed E-state index contributed by atoms with van der Waals surface area (Å²) in [6.45, 7) is 5.72. The molecule has 1 saturated heterocycles. The van der Waals surface area contributed by atoms with E-state index < -0.39 is 5.97 Å². The molecular weight excluding hydrogens is 268 g/mol. The highest BCUT2D eigenvalue weighted by atomic mass is 16.4. The molecule has 0 aromatic heterocycles. The summed E-state index contributed by atoms with van der Waals surface area (Å²) in [7, 11) is 0. The van der Waals surface area contributed by atoms with Crippen LogP contribution in [-0.2, 0) is 9.59 Å². The van der Waals surface area contributed by atoms with Gasteiger partial charge in [0.2, 0.25) is 5.91 Å². The fourth-order valence-electron chi connectivity index (χ4n) is 3.68. The van der Waals surface area contributed by atoms with Crippen molar-refractivity contribution in [3.63, 3.8) is 0 Å². The fraction of sp³-hybridized carbons (Fsp3) is 0.875. The monoisotopic (exact) mass is 296 g/mol. The number of carboxylic acids is 1. The van der Waals surface area contributed by atoms with E-state index in [-0.39, 0.29) is 23.8 Å². The van der Waals surface area contributed by atoms with Gasteiger partial charge in [-0.25, -0.2) is 0 Å². The Morgan fingerprint density at radius 2 is 2.05 bits per heavy atom. The predicted octanol–water partition coefficient (Wildman–Crippen LogP) is 1.77. The molecule has 3 N–H and O–H groups in total. The van der Waals surface area contributed by atoms with Gasteiger partial charge in [-0.15, -0.1) is 0 Å². The standard InChI is InChI=1S/C16H28N2O3/c1-16(2,7-6-13(19)20)8-9-17-15(21)14-12-5-3-4-11(12)10-18-14/h11-12,14,18H,3-10H2,1-2H3,(H,17,21)(H,19,20). The van der Waals surface area contributed by atoms with Crippen LogP contribution >= 0.6 is 0 Å². The van der Waals surface area contributed by atoms with Gasteiger partial charge >= 0.3 is 5.97 Å². The summed E-state index contributed by atoms with van der Waals surface area (Å²) < 4.78 is 0. The molecular formula is C16H28N2O3. The molecule has 3 atom stereocenters.